The minimum atomic E-state index is -0.0519. The molecule has 0 amide bonds. The average molecular weight is 142 g/mol. The molecule has 1 N–H and O–H groups in total. The van der Waals surface area contributed by atoms with E-state index in [1.807, 2.05) is 0 Å². The monoisotopic (exact) mass is 142 g/mol. The lowest BCUT2D eigenvalue weighted by Gasteiger charge is -1.88. The number of hydrogen-bond donors (Lipinski definition) is 1. The maximum absolute atomic E-state index is 8.58. The Balaban J connectivity index is 2.59. The predicted molar refractivity (Wildman–Crippen MR) is 35.3 cm³/mol. The van der Waals surface area contributed by atoms with E-state index in [1.54, 1.807) is 19.4 Å². The number of methoxy groups -OCH3 is 1. The van der Waals surface area contributed by atoms with Crippen molar-refractivity contribution >= 4 is 0 Å². The molecular formula is C7H10O3. The van der Waals surface area contributed by atoms with E-state index in [1.165, 1.54) is 0 Å². The van der Waals surface area contributed by atoms with Crippen LogP contribution in [0.4, 0.5) is 0 Å². The van der Waals surface area contributed by atoms with Crippen molar-refractivity contribution in [2.24, 2.45) is 0 Å². The largest absolute Gasteiger partial charge is 0.467 e. The molecule has 1 heterocycles. The Bertz CT molecular complexity index is 192. The molecule has 10 heavy (non-hydrogen) atoms. The minimum absolute atomic E-state index is 0.0519. The molecule has 56 valence electrons. The molecule has 0 aliphatic heterocycles. The Labute approximate surface area is 59.2 Å². The molecule has 0 fully saturated rings. The molecule has 1 aromatic heterocycles. The van der Waals surface area contributed by atoms with Gasteiger partial charge >= 0.3 is 0 Å². The van der Waals surface area contributed by atoms with Crippen molar-refractivity contribution in [1.29, 1.82) is 0 Å². The third kappa shape index (κ3) is 1.59. The summed E-state index contributed by atoms with van der Waals surface area (Å²) in [7, 11) is 1.62. The van der Waals surface area contributed by atoms with Gasteiger partial charge in [-0.3, -0.25) is 0 Å². The fourth-order valence-electron chi connectivity index (χ4n) is 0.751. The molecule has 0 aromatic carbocycles. The summed E-state index contributed by atoms with van der Waals surface area (Å²) in [6.07, 6.45) is 1.58. The Hall–Kier alpha value is -0.800. The lowest BCUT2D eigenvalue weighted by Crippen LogP contribution is -1.82. The third-order valence-corrected chi connectivity index (χ3v) is 1.17. The summed E-state index contributed by atoms with van der Waals surface area (Å²) in [4.78, 5) is 0. The van der Waals surface area contributed by atoms with Gasteiger partial charge in [-0.15, -0.1) is 0 Å². The van der Waals surface area contributed by atoms with Crippen LogP contribution in [0.15, 0.2) is 16.7 Å². The molecule has 1 aromatic rings. The Kier molecular flexibility index (Phi) is 2.48. The number of aliphatic hydroxyl groups is 1. The van der Waals surface area contributed by atoms with Gasteiger partial charge in [-0.2, -0.15) is 0 Å². The van der Waals surface area contributed by atoms with E-state index in [4.69, 9.17) is 14.3 Å². The minimum Gasteiger partial charge on any atom is -0.467 e. The fraction of sp³-hybridized carbons (Fsp3) is 0.429. The van der Waals surface area contributed by atoms with Crippen LogP contribution in [-0.2, 0) is 18.0 Å². The van der Waals surface area contributed by atoms with Gasteiger partial charge in [0.1, 0.15) is 12.4 Å². The van der Waals surface area contributed by atoms with Gasteiger partial charge in [-0.25, -0.2) is 0 Å². The van der Waals surface area contributed by atoms with Crippen molar-refractivity contribution in [3.8, 4) is 0 Å². The smallest absolute Gasteiger partial charge is 0.129 e. The molecule has 0 spiro atoms. The molecule has 3 heteroatoms. The SMILES string of the molecule is COCc1coc(CO)c1. The first kappa shape index (κ1) is 7.31. The van der Waals surface area contributed by atoms with Crippen molar-refractivity contribution in [3.05, 3.63) is 23.7 Å². The van der Waals surface area contributed by atoms with Gasteiger partial charge < -0.3 is 14.3 Å². The number of aliphatic hydroxyl groups excluding tert-OH is 1. The van der Waals surface area contributed by atoms with Crippen molar-refractivity contribution in [3.63, 3.8) is 0 Å². The topological polar surface area (TPSA) is 42.6 Å². The zero-order chi connectivity index (χ0) is 7.40. The molecule has 0 unspecified atom stereocenters. The van der Waals surface area contributed by atoms with E-state index in [2.05, 4.69) is 0 Å². The molecule has 0 atom stereocenters. The van der Waals surface area contributed by atoms with Gasteiger partial charge in [0.05, 0.1) is 12.9 Å². The van der Waals surface area contributed by atoms with Gasteiger partial charge in [0.25, 0.3) is 0 Å². The molecule has 0 aliphatic carbocycles. The van der Waals surface area contributed by atoms with Gasteiger partial charge in [-0.1, -0.05) is 0 Å². The van der Waals surface area contributed by atoms with Crippen LogP contribution < -0.4 is 0 Å². The summed E-state index contributed by atoms with van der Waals surface area (Å²) in [5.41, 5.74) is 0.951. The van der Waals surface area contributed by atoms with Gasteiger partial charge in [0.15, 0.2) is 0 Å². The summed E-state index contributed by atoms with van der Waals surface area (Å²) >= 11 is 0. The number of ether oxygens (including phenoxy) is 1. The van der Waals surface area contributed by atoms with Crippen LogP contribution in [0.5, 0.6) is 0 Å². The maximum atomic E-state index is 8.58. The quantitative estimate of drug-likeness (QED) is 0.682. The highest BCUT2D eigenvalue weighted by atomic mass is 16.5. The van der Waals surface area contributed by atoms with Crippen LogP contribution in [0.3, 0.4) is 0 Å². The molecule has 0 saturated heterocycles. The van der Waals surface area contributed by atoms with E-state index in [9.17, 15) is 0 Å². The predicted octanol–water partition coefficient (Wildman–Crippen LogP) is 0.918. The Morgan fingerprint density at radius 1 is 1.70 bits per heavy atom. The number of hydrogen-bond acceptors (Lipinski definition) is 3. The van der Waals surface area contributed by atoms with E-state index >= 15 is 0 Å². The molecule has 0 bridgehead atoms. The second kappa shape index (κ2) is 3.39. The first-order valence-electron chi connectivity index (χ1n) is 3.03. The highest BCUT2D eigenvalue weighted by Gasteiger charge is 1.98. The van der Waals surface area contributed by atoms with Gasteiger partial charge in [-0.05, 0) is 6.07 Å². The van der Waals surface area contributed by atoms with Crippen molar-refractivity contribution in [2.75, 3.05) is 7.11 Å². The molecule has 0 radical (unpaired) electrons. The van der Waals surface area contributed by atoms with Crippen LogP contribution >= 0.6 is 0 Å². The highest BCUT2D eigenvalue weighted by molar-refractivity contribution is 5.10. The second-order valence-electron chi connectivity index (χ2n) is 2.01. The lowest BCUT2D eigenvalue weighted by atomic mass is 10.3. The summed E-state index contributed by atoms with van der Waals surface area (Å²) in [5, 5.41) is 8.58. The van der Waals surface area contributed by atoms with Crippen LogP contribution in [-0.4, -0.2) is 12.2 Å². The highest BCUT2D eigenvalue weighted by Crippen LogP contribution is 2.07. The zero-order valence-corrected chi connectivity index (χ0v) is 5.83. The first-order valence-corrected chi connectivity index (χ1v) is 3.03. The van der Waals surface area contributed by atoms with Crippen molar-refractivity contribution < 1.29 is 14.3 Å². The summed E-state index contributed by atoms with van der Waals surface area (Å²) in [6.45, 7) is 0.479. The summed E-state index contributed by atoms with van der Waals surface area (Å²) in [6, 6.07) is 1.77. The lowest BCUT2D eigenvalue weighted by molar-refractivity contribution is 0.184. The van der Waals surface area contributed by atoms with Gasteiger partial charge in [0.2, 0.25) is 0 Å². The number of furan rings is 1. The van der Waals surface area contributed by atoms with Crippen LogP contribution in [0.2, 0.25) is 0 Å². The van der Waals surface area contributed by atoms with Crippen LogP contribution in [0.1, 0.15) is 11.3 Å². The molecule has 1 rings (SSSR count). The molecule has 0 aliphatic rings. The normalized spacial score (nSPS) is 10.2. The molecular weight excluding hydrogens is 132 g/mol. The average Bonchev–Trinajstić information content (AvgIpc) is 2.37. The standard InChI is InChI=1S/C7H10O3/c1-9-4-6-2-7(3-8)10-5-6/h2,5,8H,3-4H2,1H3. The molecule has 0 saturated carbocycles. The Morgan fingerprint density at radius 3 is 3.00 bits per heavy atom. The fourth-order valence-corrected chi connectivity index (χ4v) is 0.751. The van der Waals surface area contributed by atoms with Crippen molar-refractivity contribution in [1.82, 2.24) is 0 Å². The van der Waals surface area contributed by atoms with E-state index in [0.717, 1.165) is 5.56 Å². The number of rotatable bonds is 3. The Morgan fingerprint density at radius 2 is 2.50 bits per heavy atom. The summed E-state index contributed by atoms with van der Waals surface area (Å²) < 4.78 is 9.78. The maximum Gasteiger partial charge on any atom is 0.129 e. The van der Waals surface area contributed by atoms with E-state index in [-0.39, 0.29) is 6.61 Å². The van der Waals surface area contributed by atoms with Crippen LogP contribution in [0, 0.1) is 0 Å². The molecule has 3 nitrogen and oxygen atoms in total. The second-order valence-corrected chi connectivity index (χ2v) is 2.01. The first-order chi connectivity index (χ1) is 4.86. The van der Waals surface area contributed by atoms with Crippen molar-refractivity contribution in [2.45, 2.75) is 13.2 Å². The van der Waals surface area contributed by atoms with Gasteiger partial charge in [0, 0.05) is 12.7 Å². The third-order valence-electron chi connectivity index (χ3n) is 1.17. The van der Waals surface area contributed by atoms with E-state index < -0.39 is 0 Å². The van der Waals surface area contributed by atoms with Crippen LogP contribution in [0.25, 0.3) is 0 Å². The summed E-state index contributed by atoms with van der Waals surface area (Å²) in [5.74, 6) is 0.576. The van der Waals surface area contributed by atoms with E-state index in [0.29, 0.717) is 12.4 Å². The zero-order valence-electron chi connectivity index (χ0n) is 5.83.